The standard InChI is InChI=1S/C16H16FNO2/c17-15-10-13(18)8-9-14(15)12-6-4-11(5-7-12)2-1-3-16(19)20/h4-10H,1-3,18H2,(H,19,20). The van der Waals surface area contributed by atoms with E-state index in [0.717, 1.165) is 11.1 Å². The number of aliphatic carboxylic acids is 1. The van der Waals surface area contributed by atoms with Crippen molar-refractivity contribution in [3.05, 3.63) is 53.8 Å². The fourth-order valence-electron chi connectivity index (χ4n) is 2.06. The van der Waals surface area contributed by atoms with E-state index in [4.69, 9.17) is 10.8 Å². The van der Waals surface area contributed by atoms with Crippen LogP contribution < -0.4 is 5.73 Å². The molecule has 0 saturated carbocycles. The summed E-state index contributed by atoms with van der Waals surface area (Å²) in [6.45, 7) is 0. The van der Waals surface area contributed by atoms with E-state index in [2.05, 4.69) is 0 Å². The molecular formula is C16H16FNO2. The van der Waals surface area contributed by atoms with Crippen LogP contribution in [0.2, 0.25) is 0 Å². The van der Waals surface area contributed by atoms with E-state index in [-0.39, 0.29) is 12.2 Å². The summed E-state index contributed by atoms with van der Waals surface area (Å²) in [7, 11) is 0. The predicted octanol–water partition coefficient (Wildman–Crippen LogP) is 3.48. The Hall–Kier alpha value is -2.36. The highest BCUT2D eigenvalue weighted by molar-refractivity contribution is 5.67. The third kappa shape index (κ3) is 3.57. The molecule has 4 heteroatoms. The van der Waals surface area contributed by atoms with Crippen molar-refractivity contribution in [1.29, 1.82) is 0 Å². The Bertz CT molecular complexity index is 608. The van der Waals surface area contributed by atoms with E-state index < -0.39 is 5.97 Å². The molecule has 20 heavy (non-hydrogen) atoms. The van der Waals surface area contributed by atoms with Crippen molar-refractivity contribution in [3.63, 3.8) is 0 Å². The molecule has 2 aromatic rings. The molecule has 0 fully saturated rings. The van der Waals surface area contributed by atoms with Gasteiger partial charge in [-0.2, -0.15) is 0 Å². The van der Waals surface area contributed by atoms with Crippen LogP contribution in [0.25, 0.3) is 11.1 Å². The number of hydrogen-bond acceptors (Lipinski definition) is 2. The number of benzene rings is 2. The van der Waals surface area contributed by atoms with Gasteiger partial charge in [-0.1, -0.05) is 24.3 Å². The van der Waals surface area contributed by atoms with Crippen molar-refractivity contribution in [3.8, 4) is 11.1 Å². The van der Waals surface area contributed by atoms with Gasteiger partial charge in [0, 0.05) is 17.7 Å². The normalized spacial score (nSPS) is 10.4. The Morgan fingerprint density at radius 2 is 1.85 bits per heavy atom. The minimum absolute atomic E-state index is 0.161. The lowest BCUT2D eigenvalue weighted by molar-refractivity contribution is -0.137. The second kappa shape index (κ2) is 6.19. The van der Waals surface area contributed by atoms with Gasteiger partial charge in [0.25, 0.3) is 0 Å². The Balaban J connectivity index is 2.09. The third-order valence-electron chi connectivity index (χ3n) is 3.11. The third-order valence-corrected chi connectivity index (χ3v) is 3.11. The minimum Gasteiger partial charge on any atom is -0.481 e. The first kappa shape index (κ1) is 14.1. The molecule has 2 aromatic carbocycles. The minimum atomic E-state index is -0.787. The average Bonchev–Trinajstić information content (AvgIpc) is 2.39. The molecular weight excluding hydrogens is 257 g/mol. The summed E-state index contributed by atoms with van der Waals surface area (Å²) in [4.78, 5) is 10.4. The lowest BCUT2D eigenvalue weighted by Gasteiger charge is -2.06. The summed E-state index contributed by atoms with van der Waals surface area (Å²) < 4.78 is 13.8. The summed E-state index contributed by atoms with van der Waals surface area (Å²) in [5.41, 5.74) is 8.26. The number of carboxylic acid groups (broad SMARTS) is 1. The summed E-state index contributed by atoms with van der Waals surface area (Å²) in [6, 6.07) is 12.1. The van der Waals surface area contributed by atoms with Crippen molar-refractivity contribution in [2.24, 2.45) is 0 Å². The summed E-state index contributed by atoms with van der Waals surface area (Å²) in [5.74, 6) is -1.13. The van der Waals surface area contributed by atoms with Gasteiger partial charge in [0.15, 0.2) is 0 Å². The average molecular weight is 273 g/mol. The topological polar surface area (TPSA) is 63.3 Å². The second-order valence-electron chi connectivity index (χ2n) is 4.68. The number of carbonyl (C=O) groups is 1. The highest BCUT2D eigenvalue weighted by Gasteiger charge is 2.05. The van der Waals surface area contributed by atoms with E-state index in [0.29, 0.717) is 24.1 Å². The van der Waals surface area contributed by atoms with Gasteiger partial charge in [-0.3, -0.25) is 4.79 Å². The highest BCUT2D eigenvalue weighted by Crippen LogP contribution is 2.25. The number of rotatable bonds is 5. The quantitative estimate of drug-likeness (QED) is 0.820. The largest absolute Gasteiger partial charge is 0.481 e. The Kier molecular flexibility index (Phi) is 4.35. The Labute approximate surface area is 116 Å². The van der Waals surface area contributed by atoms with Crippen LogP contribution in [0.3, 0.4) is 0 Å². The molecule has 0 amide bonds. The van der Waals surface area contributed by atoms with E-state index in [1.54, 1.807) is 12.1 Å². The molecule has 0 spiro atoms. The van der Waals surface area contributed by atoms with E-state index in [1.807, 2.05) is 24.3 Å². The van der Waals surface area contributed by atoms with E-state index in [9.17, 15) is 9.18 Å². The van der Waals surface area contributed by atoms with E-state index in [1.165, 1.54) is 6.07 Å². The van der Waals surface area contributed by atoms with Crippen LogP contribution in [-0.2, 0) is 11.2 Å². The number of hydrogen-bond donors (Lipinski definition) is 2. The van der Waals surface area contributed by atoms with Gasteiger partial charge in [0.05, 0.1) is 0 Å². The number of halogens is 1. The highest BCUT2D eigenvalue weighted by atomic mass is 19.1. The van der Waals surface area contributed by atoms with Crippen molar-refractivity contribution in [1.82, 2.24) is 0 Å². The molecule has 0 aliphatic rings. The van der Waals surface area contributed by atoms with Crippen molar-refractivity contribution in [2.45, 2.75) is 19.3 Å². The van der Waals surface area contributed by atoms with Crippen molar-refractivity contribution in [2.75, 3.05) is 5.73 Å². The molecule has 2 rings (SSSR count). The van der Waals surface area contributed by atoms with Gasteiger partial charge in [-0.05, 0) is 42.2 Å². The Morgan fingerprint density at radius 1 is 1.15 bits per heavy atom. The number of anilines is 1. The predicted molar refractivity (Wildman–Crippen MR) is 76.8 cm³/mol. The fraction of sp³-hybridized carbons (Fsp3) is 0.188. The van der Waals surface area contributed by atoms with Crippen LogP contribution in [0.1, 0.15) is 18.4 Å². The summed E-state index contributed by atoms with van der Waals surface area (Å²) in [5, 5.41) is 8.59. The first-order valence-corrected chi connectivity index (χ1v) is 6.42. The number of carboxylic acids is 1. The van der Waals surface area contributed by atoms with Gasteiger partial charge in [-0.15, -0.1) is 0 Å². The van der Waals surface area contributed by atoms with Crippen LogP contribution in [0, 0.1) is 5.82 Å². The van der Waals surface area contributed by atoms with Gasteiger partial charge >= 0.3 is 5.97 Å². The molecule has 0 heterocycles. The summed E-state index contributed by atoms with van der Waals surface area (Å²) in [6.07, 6.45) is 1.47. The molecule has 0 aliphatic carbocycles. The first-order chi connectivity index (χ1) is 9.56. The Morgan fingerprint density at radius 3 is 2.45 bits per heavy atom. The van der Waals surface area contributed by atoms with Crippen LogP contribution in [0.5, 0.6) is 0 Å². The zero-order chi connectivity index (χ0) is 14.5. The lowest BCUT2D eigenvalue weighted by Crippen LogP contribution is -1.96. The molecule has 0 aromatic heterocycles. The number of aryl methyl sites for hydroxylation is 1. The molecule has 0 radical (unpaired) electrons. The number of nitrogens with two attached hydrogens (primary N) is 1. The van der Waals surface area contributed by atoms with Gasteiger partial charge in [0.2, 0.25) is 0 Å². The lowest BCUT2D eigenvalue weighted by atomic mass is 10.0. The van der Waals surface area contributed by atoms with Gasteiger partial charge in [0.1, 0.15) is 5.82 Å². The van der Waals surface area contributed by atoms with Crippen LogP contribution >= 0.6 is 0 Å². The maximum Gasteiger partial charge on any atom is 0.303 e. The molecule has 3 nitrogen and oxygen atoms in total. The number of nitrogen functional groups attached to an aromatic ring is 1. The van der Waals surface area contributed by atoms with Crippen molar-refractivity contribution < 1.29 is 14.3 Å². The van der Waals surface area contributed by atoms with Crippen molar-refractivity contribution >= 4 is 11.7 Å². The first-order valence-electron chi connectivity index (χ1n) is 6.42. The maximum absolute atomic E-state index is 13.8. The fourth-order valence-corrected chi connectivity index (χ4v) is 2.06. The smallest absolute Gasteiger partial charge is 0.303 e. The monoisotopic (exact) mass is 273 g/mol. The zero-order valence-corrected chi connectivity index (χ0v) is 11.0. The van der Waals surface area contributed by atoms with Crippen LogP contribution in [0.15, 0.2) is 42.5 Å². The molecule has 0 saturated heterocycles. The zero-order valence-electron chi connectivity index (χ0n) is 11.0. The maximum atomic E-state index is 13.8. The van der Waals surface area contributed by atoms with Gasteiger partial charge in [-0.25, -0.2) is 4.39 Å². The molecule has 0 atom stereocenters. The van der Waals surface area contributed by atoms with Gasteiger partial charge < -0.3 is 10.8 Å². The molecule has 0 unspecified atom stereocenters. The molecule has 3 N–H and O–H groups in total. The molecule has 0 aliphatic heterocycles. The second-order valence-corrected chi connectivity index (χ2v) is 4.68. The molecule has 104 valence electrons. The SMILES string of the molecule is Nc1ccc(-c2ccc(CCCC(=O)O)cc2)c(F)c1. The van der Waals surface area contributed by atoms with E-state index >= 15 is 0 Å². The van der Waals surface area contributed by atoms with Crippen LogP contribution in [-0.4, -0.2) is 11.1 Å². The molecule has 0 bridgehead atoms. The van der Waals surface area contributed by atoms with Crippen LogP contribution in [0.4, 0.5) is 10.1 Å². The summed E-state index contributed by atoms with van der Waals surface area (Å²) >= 11 is 0.